The fraction of sp³-hybridized carbons (Fsp3) is 0.679. The standard InChI is InChI=1S/C28H36N2O3S/c1-34-16-24(30-26(32)22-4-2-3-5-23(22)27(30)33)25(31)29-21-8-6-20(7-9-21)28-13-17-10-18(14-28)12-19(11-17)15-28/h6-9,17-19,22-24H,2-5,10-16H2,1H3,(H,29,31)/t17?,18?,19?,22-,23-,24+,28?/m0/s1. The van der Waals surface area contributed by atoms with Crippen molar-refractivity contribution in [1.82, 2.24) is 4.90 Å². The summed E-state index contributed by atoms with van der Waals surface area (Å²) >= 11 is 1.50. The molecule has 4 bridgehead atoms. The van der Waals surface area contributed by atoms with Crippen molar-refractivity contribution in [2.24, 2.45) is 29.6 Å². The SMILES string of the molecule is CSC[C@H](C(=O)Nc1ccc(C23CC4CC(CC(C4)C2)C3)cc1)N1C(=O)[C@H]2CCCC[C@@H]2C1=O. The second-order valence-corrected chi connectivity index (χ2v) is 12.7. The molecule has 5 nitrogen and oxygen atoms in total. The van der Waals surface area contributed by atoms with E-state index in [2.05, 4.69) is 17.4 Å². The Balaban J connectivity index is 1.18. The minimum absolute atomic E-state index is 0.138. The molecule has 0 spiro atoms. The van der Waals surface area contributed by atoms with Gasteiger partial charge in [-0.15, -0.1) is 0 Å². The summed E-state index contributed by atoms with van der Waals surface area (Å²) in [5, 5.41) is 3.03. The van der Waals surface area contributed by atoms with Crippen molar-refractivity contribution in [2.45, 2.75) is 75.7 Å². The summed E-state index contributed by atoms with van der Waals surface area (Å²) in [5.41, 5.74) is 2.52. The van der Waals surface area contributed by atoms with Crippen LogP contribution in [0.25, 0.3) is 0 Å². The van der Waals surface area contributed by atoms with Crippen LogP contribution < -0.4 is 5.32 Å². The van der Waals surface area contributed by atoms with Gasteiger partial charge in [0.1, 0.15) is 6.04 Å². The number of hydrogen-bond donors (Lipinski definition) is 1. The molecular formula is C28H36N2O3S. The molecule has 1 heterocycles. The predicted octanol–water partition coefficient (Wildman–Crippen LogP) is 5.00. The Bertz CT molecular complexity index is 931. The zero-order valence-corrected chi connectivity index (χ0v) is 20.9. The van der Waals surface area contributed by atoms with Crippen LogP contribution in [0.4, 0.5) is 5.69 Å². The molecule has 0 unspecified atom stereocenters. The number of hydrogen-bond acceptors (Lipinski definition) is 4. The van der Waals surface area contributed by atoms with Crippen molar-refractivity contribution >= 4 is 35.2 Å². The van der Waals surface area contributed by atoms with Crippen molar-refractivity contribution in [3.63, 3.8) is 0 Å². The number of thioether (sulfide) groups is 1. The fourth-order valence-corrected chi connectivity index (χ4v) is 9.13. The summed E-state index contributed by atoms with van der Waals surface area (Å²) in [4.78, 5) is 40.8. The molecule has 1 aromatic carbocycles. The van der Waals surface area contributed by atoms with Gasteiger partial charge in [0.15, 0.2) is 0 Å². The van der Waals surface area contributed by atoms with Crippen LogP contribution in [-0.2, 0) is 19.8 Å². The molecule has 34 heavy (non-hydrogen) atoms. The third-order valence-electron chi connectivity index (χ3n) is 9.62. The van der Waals surface area contributed by atoms with Crippen molar-refractivity contribution in [2.75, 3.05) is 17.3 Å². The quantitative estimate of drug-likeness (QED) is 0.582. The van der Waals surface area contributed by atoms with Gasteiger partial charge < -0.3 is 5.32 Å². The number of nitrogens with one attached hydrogen (secondary N) is 1. The number of imide groups is 1. The number of nitrogens with zero attached hydrogens (tertiary/aromatic N) is 1. The number of carbonyl (C=O) groups excluding carboxylic acids is 3. The fourth-order valence-electron chi connectivity index (χ4n) is 8.52. The number of carbonyl (C=O) groups is 3. The molecule has 3 atom stereocenters. The van der Waals surface area contributed by atoms with E-state index in [4.69, 9.17) is 0 Å². The van der Waals surface area contributed by atoms with Gasteiger partial charge in [0.25, 0.3) is 0 Å². The molecule has 1 saturated heterocycles. The van der Waals surface area contributed by atoms with Gasteiger partial charge in [-0.05, 0) is 98.5 Å². The summed E-state index contributed by atoms with van der Waals surface area (Å²) in [6, 6.07) is 7.73. The van der Waals surface area contributed by atoms with Crippen LogP contribution in [0.3, 0.4) is 0 Å². The lowest BCUT2D eigenvalue weighted by atomic mass is 9.48. The first kappa shape index (κ1) is 22.6. The van der Waals surface area contributed by atoms with E-state index in [0.29, 0.717) is 11.2 Å². The summed E-state index contributed by atoms with van der Waals surface area (Å²) in [7, 11) is 0. The molecule has 6 aliphatic rings. The Morgan fingerprint density at radius 1 is 0.971 bits per heavy atom. The molecular weight excluding hydrogens is 444 g/mol. The highest BCUT2D eigenvalue weighted by molar-refractivity contribution is 7.98. The number of rotatable bonds is 6. The first-order valence-corrected chi connectivity index (χ1v) is 14.6. The average molecular weight is 481 g/mol. The van der Waals surface area contributed by atoms with E-state index in [1.807, 2.05) is 18.4 Å². The number of likely N-dealkylation sites (tertiary alicyclic amines) is 1. The van der Waals surface area contributed by atoms with Crippen molar-refractivity contribution in [1.29, 1.82) is 0 Å². The van der Waals surface area contributed by atoms with E-state index in [1.165, 1.54) is 60.8 Å². The smallest absolute Gasteiger partial charge is 0.248 e. The minimum Gasteiger partial charge on any atom is -0.324 e. The maximum Gasteiger partial charge on any atom is 0.248 e. The second-order valence-electron chi connectivity index (χ2n) is 11.8. The van der Waals surface area contributed by atoms with Crippen LogP contribution in [0.15, 0.2) is 24.3 Å². The highest BCUT2D eigenvalue weighted by Crippen LogP contribution is 2.60. The molecule has 1 aromatic rings. The minimum atomic E-state index is -0.747. The monoisotopic (exact) mass is 480 g/mol. The highest BCUT2D eigenvalue weighted by Gasteiger charge is 2.53. The van der Waals surface area contributed by atoms with Gasteiger partial charge in [-0.2, -0.15) is 11.8 Å². The third-order valence-corrected chi connectivity index (χ3v) is 10.3. The number of benzene rings is 1. The Morgan fingerprint density at radius 2 is 1.50 bits per heavy atom. The zero-order chi connectivity index (χ0) is 23.4. The van der Waals surface area contributed by atoms with Crippen LogP contribution in [-0.4, -0.2) is 40.7 Å². The molecule has 7 rings (SSSR count). The zero-order valence-electron chi connectivity index (χ0n) is 20.1. The maximum absolute atomic E-state index is 13.3. The Morgan fingerprint density at radius 3 is 2.00 bits per heavy atom. The molecule has 6 heteroatoms. The molecule has 1 N–H and O–H groups in total. The van der Waals surface area contributed by atoms with Crippen LogP contribution in [0.1, 0.15) is 69.8 Å². The first-order chi connectivity index (χ1) is 16.5. The van der Waals surface area contributed by atoms with E-state index in [9.17, 15) is 14.4 Å². The van der Waals surface area contributed by atoms with Crippen molar-refractivity contribution in [3.05, 3.63) is 29.8 Å². The molecule has 5 saturated carbocycles. The lowest BCUT2D eigenvalue weighted by Gasteiger charge is -2.57. The largest absolute Gasteiger partial charge is 0.324 e. The van der Waals surface area contributed by atoms with Gasteiger partial charge in [-0.1, -0.05) is 25.0 Å². The van der Waals surface area contributed by atoms with Crippen molar-refractivity contribution in [3.8, 4) is 0 Å². The van der Waals surface area contributed by atoms with Gasteiger partial charge >= 0.3 is 0 Å². The lowest BCUT2D eigenvalue weighted by molar-refractivity contribution is -0.145. The number of anilines is 1. The van der Waals surface area contributed by atoms with E-state index in [-0.39, 0.29) is 29.6 Å². The number of amides is 3. The highest BCUT2D eigenvalue weighted by atomic mass is 32.2. The normalized spacial score (nSPS) is 37.1. The van der Waals surface area contributed by atoms with Gasteiger partial charge in [-0.25, -0.2) is 0 Å². The molecule has 0 aromatic heterocycles. The Hall–Kier alpha value is -1.82. The third kappa shape index (κ3) is 3.71. The van der Waals surface area contributed by atoms with Crippen LogP contribution >= 0.6 is 11.8 Å². The topological polar surface area (TPSA) is 66.5 Å². The summed E-state index contributed by atoms with van der Waals surface area (Å²) < 4.78 is 0. The summed E-state index contributed by atoms with van der Waals surface area (Å²) in [6.07, 6.45) is 13.7. The van der Waals surface area contributed by atoms with E-state index in [0.717, 1.165) is 49.1 Å². The lowest BCUT2D eigenvalue weighted by Crippen LogP contribution is -2.49. The van der Waals surface area contributed by atoms with Gasteiger partial charge in [0, 0.05) is 11.4 Å². The maximum atomic E-state index is 13.3. The molecule has 182 valence electrons. The molecule has 3 amide bonds. The predicted molar refractivity (Wildman–Crippen MR) is 134 cm³/mol. The average Bonchev–Trinajstić information content (AvgIpc) is 3.07. The first-order valence-electron chi connectivity index (χ1n) is 13.2. The van der Waals surface area contributed by atoms with Gasteiger partial charge in [0.05, 0.1) is 11.8 Å². The van der Waals surface area contributed by atoms with Gasteiger partial charge in [-0.3, -0.25) is 19.3 Å². The Labute approximate surface area is 206 Å². The van der Waals surface area contributed by atoms with E-state index in [1.54, 1.807) is 0 Å². The van der Waals surface area contributed by atoms with Crippen molar-refractivity contribution < 1.29 is 14.4 Å². The molecule has 5 aliphatic carbocycles. The van der Waals surface area contributed by atoms with E-state index < -0.39 is 6.04 Å². The van der Waals surface area contributed by atoms with E-state index >= 15 is 0 Å². The van der Waals surface area contributed by atoms with Crippen LogP contribution in [0.5, 0.6) is 0 Å². The Kier molecular flexibility index (Phi) is 5.78. The second kappa shape index (κ2) is 8.69. The van der Waals surface area contributed by atoms with Gasteiger partial charge in [0.2, 0.25) is 17.7 Å². The molecule has 6 fully saturated rings. The van der Waals surface area contributed by atoms with Crippen LogP contribution in [0.2, 0.25) is 0 Å². The molecule has 1 aliphatic heterocycles. The number of fused-ring (bicyclic) bond motifs is 1. The summed E-state index contributed by atoms with van der Waals surface area (Å²) in [6.45, 7) is 0. The summed E-state index contributed by atoms with van der Waals surface area (Å²) in [5.74, 6) is 2.15. The molecule has 0 radical (unpaired) electrons. The van der Waals surface area contributed by atoms with Crippen LogP contribution in [0, 0.1) is 29.6 Å².